The number of nitrogens with zero attached hydrogens (tertiary/aromatic N) is 3. The molecule has 0 bridgehead atoms. The highest BCUT2D eigenvalue weighted by Gasteiger charge is 2.22. The molecule has 0 aliphatic rings. The van der Waals surface area contributed by atoms with Crippen LogP contribution >= 0.6 is 18.7 Å². The van der Waals surface area contributed by atoms with Crippen molar-refractivity contribution in [2.75, 3.05) is 25.3 Å². The van der Waals surface area contributed by atoms with Gasteiger partial charge in [-0.2, -0.15) is 0 Å². The fourth-order valence-electron chi connectivity index (χ4n) is 3.60. The van der Waals surface area contributed by atoms with Gasteiger partial charge in [0, 0.05) is 23.4 Å². The highest BCUT2D eigenvalue weighted by Crippen LogP contribution is 2.37. The minimum absolute atomic E-state index is 0.00444. The van der Waals surface area contributed by atoms with Gasteiger partial charge in [0.1, 0.15) is 24.2 Å². The average Bonchev–Trinajstić information content (AvgIpc) is 2.80. The van der Waals surface area contributed by atoms with E-state index in [1.54, 1.807) is 50.6 Å². The van der Waals surface area contributed by atoms with Crippen LogP contribution in [0, 0.1) is 18.6 Å². The van der Waals surface area contributed by atoms with E-state index in [1.165, 1.54) is 18.3 Å². The number of aliphatic hydroxyl groups is 1. The Morgan fingerprint density at radius 2 is 1.85 bits per heavy atom. The summed E-state index contributed by atoms with van der Waals surface area (Å²) in [6.45, 7) is 4.44. The number of hydrogen-bond donors (Lipinski definition) is 2. The molecule has 0 radical (unpaired) electrons. The van der Waals surface area contributed by atoms with Crippen molar-refractivity contribution in [3.05, 3.63) is 76.6 Å². The molecule has 176 valence electrons. The van der Waals surface area contributed by atoms with Crippen molar-refractivity contribution in [2.24, 2.45) is 0 Å². The van der Waals surface area contributed by atoms with Gasteiger partial charge in [-0.25, -0.2) is 18.7 Å². The number of aromatic nitrogens is 3. The number of nitrogens with one attached hydrogen (secondary N) is 1. The van der Waals surface area contributed by atoms with E-state index in [9.17, 15) is 14.1 Å². The fraction of sp³-hybridized carbons (Fsp3) is 0.208. The van der Waals surface area contributed by atoms with E-state index in [0.29, 0.717) is 22.4 Å². The first-order valence-corrected chi connectivity index (χ1v) is 13.4. The predicted molar refractivity (Wildman–Crippen MR) is 131 cm³/mol. The van der Waals surface area contributed by atoms with Crippen LogP contribution in [-0.2, 0) is 4.57 Å². The summed E-state index contributed by atoms with van der Waals surface area (Å²) in [5, 5.41) is 13.3. The van der Waals surface area contributed by atoms with Crippen LogP contribution in [0.25, 0.3) is 22.3 Å². The van der Waals surface area contributed by atoms with Gasteiger partial charge in [-0.15, -0.1) is 0 Å². The van der Waals surface area contributed by atoms with Crippen molar-refractivity contribution in [1.29, 1.82) is 0 Å². The molecule has 4 aromatic rings. The molecule has 0 amide bonds. The molecule has 10 heteroatoms. The average molecular weight is 503 g/mol. The van der Waals surface area contributed by atoms with Crippen LogP contribution in [0.1, 0.15) is 17.3 Å². The third-order valence-corrected chi connectivity index (χ3v) is 7.20. The summed E-state index contributed by atoms with van der Waals surface area (Å²) in [6.07, 6.45) is 1.42. The molecule has 1 atom stereocenters. The molecule has 3 aromatic heterocycles. The molecule has 0 saturated carbocycles. The van der Waals surface area contributed by atoms with Gasteiger partial charge in [-0.1, -0.05) is 29.8 Å². The summed E-state index contributed by atoms with van der Waals surface area (Å²) in [5.41, 5.74) is 2.27. The Hall–Kier alpha value is -2.93. The molecule has 0 saturated heterocycles. The second-order valence-electron chi connectivity index (χ2n) is 8.23. The Labute approximate surface area is 200 Å². The summed E-state index contributed by atoms with van der Waals surface area (Å²) in [5.74, 6) is -1.11. The normalized spacial score (nSPS) is 12.7. The Bertz CT molecular complexity index is 1430. The van der Waals surface area contributed by atoms with E-state index < -0.39 is 31.4 Å². The van der Waals surface area contributed by atoms with Gasteiger partial charge >= 0.3 is 0 Å². The van der Waals surface area contributed by atoms with E-state index in [0.717, 1.165) is 0 Å². The summed E-state index contributed by atoms with van der Waals surface area (Å²) >= 11 is 6.53. The van der Waals surface area contributed by atoms with Gasteiger partial charge < -0.3 is 15.0 Å². The fourth-order valence-corrected chi connectivity index (χ4v) is 4.55. The Kier molecular flexibility index (Phi) is 6.67. The number of rotatable bonds is 6. The molecular formula is C24H22ClF2N4O2P. The molecule has 34 heavy (non-hydrogen) atoms. The Balaban J connectivity index is 1.86. The zero-order valence-corrected chi connectivity index (χ0v) is 20.3. The molecule has 0 aliphatic carbocycles. The van der Waals surface area contributed by atoms with Crippen LogP contribution < -0.4 is 10.8 Å². The molecule has 4 rings (SSSR count). The molecule has 0 aliphatic heterocycles. The van der Waals surface area contributed by atoms with Crippen molar-refractivity contribution in [3.8, 4) is 11.3 Å². The van der Waals surface area contributed by atoms with Crippen molar-refractivity contribution in [2.45, 2.75) is 13.0 Å². The second kappa shape index (κ2) is 9.37. The summed E-state index contributed by atoms with van der Waals surface area (Å²) < 4.78 is 41.7. The van der Waals surface area contributed by atoms with Gasteiger partial charge in [0.2, 0.25) is 0 Å². The number of halogens is 3. The topological polar surface area (TPSA) is 88.0 Å². The SMILES string of the molecule is Cc1nc2cc(F)c(-c3ccc(P(C)(C)=O)nc3)nc2c(NC(CO)c2ccccc2F)c1Cl. The van der Waals surface area contributed by atoms with Crippen molar-refractivity contribution >= 4 is 40.9 Å². The van der Waals surface area contributed by atoms with Crippen LogP contribution in [0.2, 0.25) is 5.02 Å². The van der Waals surface area contributed by atoms with Crippen LogP contribution in [0.5, 0.6) is 0 Å². The first kappa shape index (κ1) is 24.2. The van der Waals surface area contributed by atoms with Crippen LogP contribution in [-0.4, -0.2) is 40.0 Å². The quantitative estimate of drug-likeness (QED) is 0.347. The molecule has 3 heterocycles. The predicted octanol–water partition coefficient (Wildman–Crippen LogP) is 5.33. The maximum absolute atomic E-state index is 15.0. The second-order valence-corrected chi connectivity index (χ2v) is 11.8. The lowest BCUT2D eigenvalue weighted by atomic mass is 10.1. The van der Waals surface area contributed by atoms with Crippen LogP contribution in [0.15, 0.2) is 48.7 Å². The van der Waals surface area contributed by atoms with Crippen molar-refractivity contribution < 1.29 is 18.5 Å². The van der Waals surface area contributed by atoms with E-state index in [2.05, 4.69) is 20.3 Å². The number of anilines is 1. The summed E-state index contributed by atoms with van der Waals surface area (Å²) in [6, 6.07) is 9.66. The monoisotopic (exact) mass is 502 g/mol. The number of aryl methyl sites for hydroxylation is 1. The Morgan fingerprint density at radius 3 is 2.47 bits per heavy atom. The van der Waals surface area contributed by atoms with Crippen molar-refractivity contribution in [1.82, 2.24) is 15.0 Å². The van der Waals surface area contributed by atoms with Gasteiger partial charge in [-0.3, -0.25) is 4.98 Å². The zero-order chi connectivity index (χ0) is 24.6. The summed E-state index contributed by atoms with van der Waals surface area (Å²) in [7, 11) is -2.57. The largest absolute Gasteiger partial charge is 0.394 e. The lowest BCUT2D eigenvalue weighted by Crippen LogP contribution is -2.17. The molecule has 1 unspecified atom stereocenters. The lowest BCUT2D eigenvalue weighted by molar-refractivity contribution is 0.274. The standard InChI is InChI=1S/C24H22ClF2N4O2P/c1-13-21(25)24(30-19(12-32)15-6-4-5-7-16(15)26)23-18(29-13)10-17(27)22(31-23)14-8-9-20(28-11-14)34(2,3)33/h4-11,19,32H,12H2,1-3H3,(H,29,30). The van der Waals surface area contributed by atoms with Gasteiger partial charge in [0.15, 0.2) is 5.82 Å². The highest BCUT2D eigenvalue weighted by atomic mass is 35.5. The van der Waals surface area contributed by atoms with Crippen LogP contribution in [0.4, 0.5) is 14.5 Å². The molecular weight excluding hydrogens is 481 g/mol. The first-order valence-electron chi connectivity index (χ1n) is 10.4. The maximum atomic E-state index is 15.0. The highest BCUT2D eigenvalue weighted by molar-refractivity contribution is 7.69. The number of fused-ring (bicyclic) bond motifs is 1. The zero-order valence-electron chi connectivity index (χ0n) is 18.7. The molecule has 0 fully saturated rings. The van der Waals surface area contributed by atoms with Gasteiger partial charge in [0.25, 0.3) is 0 Å². The molecule has 2 N–H and O–H groups in total. The third-order valence-electron chi connectivity index (χ3n) is 5.37. The van der Waals surface area contributed by atoms with Gasteiger partial charge in [-0.05, 0) is 38.5 Å². The van der Waals surface area contributed by atoms with Crippen molar-refractivity contribution in [3.63, 3.8) is 0 Å². The molecule has 0 spiro atoms. The lowest BCUT2D eigenvalue weighted by Gasteiger charge is -2.21. The number of aliphatic hydroxyl groups excluding tert-OH is 1. The van der Waals surface area contributed by atoms with E-state index >= 15 is 4.39 Å². The minimum Gasteiger partial charge on any atom is -0.394 e. The van der Waals surface area contributed by atoms with E-state index in [4.69, 9.17) is 11.6 Å². The first-order chi connectivity index (χ1) is 16.1. The third kappa shape index (κ3) is 4.67. The number of benzene rings is 1. The Morgan fingerprint density at radius 1 is 1.12 bits per heavy atom. The van der Waals surface area contributed by atoms with Gasteiger partial charge in [0.05, 0.1) is 40.0 Å². The summed E-state index contributed by atoms with van der Waals surface area (Å²) in [4.78, 5) is 13.0. The molecule has 1 aromatic carbocycles. The van der Waals surface area contributed by atoms with E-state index in [1.807, 2.05) is 0 Å². The molecule has 6 nitrogen and oxygen atoms in total. The van der Waals surface area contributed by atoms with E-state index in [-0.39, 0.29) is 27.3 Å². The number of pyridine rings is 3. The number of hydrogen-bond acceptors (Lipinski definition) is 6. The smallest absolute Gasteiger partial charge is 0.151 e. The van der Waals surface area contributed by atoms with Crippen LogP contribution in [0.3, 0.4) is 0 Å². The maximum Gasteiger partial charge on any atom is 0.151 e. The minimum atomic E-state index is -2.57.